The average molecular weight is 281 g/mol. The van der Waals surface area contributed by atoms with Crippen molar-refractivity contribution in [2.24, 2.45) is 0 Å². The molecular formula is C18H23N3. The van der Waals surface area contributed by atoms with E-state index in [1.54, 1.807) is 6.33 Å². The first kappa shape index (κ1) is 14.1. The summed E-state index contributed by atoms with van der Waals surface area (Å²) >= 11 is 0. The molecule has 0 aliphatic heterocycles. The maximum atomic E-state index is 4.61. The Morgan fingerprint density at radius 1 is 1.14 bits per heavy atom. The highest BCUT2D eigenvalue weighted by atomic mass is 15.0. The molecule has 1 aliphatic carbocycles. The third kappa shape index (κ3) is 2.65. The van der Waals surface area contributed by atoms with Gasteiger partial charge in [0.15, 0.2) is 0 Å². The van der Waals surface area contributed by atoms with E-state index in [9.17, 15) is 0 Å². The summed E-state index contributed by atoms with van der Waals surface area (Å²) in [7, 11) is 0. The Bertz CT molecular complexity index is 618. The smallest absolute Gasteiger partial charge is 0.133 e. The van der Waals surface area contributed by atoms with Crippen LogP contribution in [0.25, 0.3) is 11.3 Å². The van der Waals surface area contributed by atoms with E-state index in [-0.39, 0.29) is 0 Å². The molecule has 1 aliphatic rings. The quantitative estimate of drug-likeness (QED) is 0.882. The van der Waals surface area contributed by atoms with Gasteiger partial charge < -0.3 is 5.32 Å². The predicted octanol–water partition coefficient (Wildman–Crippen LogP) is 4.41. The molecule has 3 nitrogen and oxygen atoms in total. The third-order valence-corrected chi connectivity index (χ3v) is 4.40. The van der Waals surface area contributed by atoms with Crippen LogP contribution >= 0.6 is 0 Å². The van der Waals surface area contributed by atoms with Gasteiger partial charge in [-0.3, -0.25) is 0 Å². The number of hydrogen-bond donors (Lipinski definition) is 1. The first-order valence-corrected chi connectivity index (χ1v) is 8.02. The number of nitrogens with one attached hydrogen (secondary N) is 1. The lowest BCUT2D eigenvalue weighted by Crippen LogP contribution is -2.11. The fourth-order valence-electron chi connectivity index (χ4n) is 3.09. The molecule has 1 aromatic heterocycles. The Hall–Kier alpha value is -1.90. The van der Waals surface area contributed by atoms with E-state index in [1.165, 1.54) is 36.0 Å². The summed E-state index contributed by atoms with van der Waals surface area (Å²) in [5, 5.41) is 3.36. The second kappa shape index (κ2) is 6.25. The number of benzene rings is 1. The highest BCUT2D eigenvalue weighted by molar-refractivity contribution is 5.71. The fraction of sp³-hybridized carbons (Fsp3) is 0.444. The van der Waals surface area contributed by atoms with Crippen molar-refractivity contribution in [1.29, 1.82) is 0 Å². The van der Waals surface area contributed by atoms with Gasteiger partial charge in [-0.2, -0.15) is 0 Å². The van der Waals surface area contributed by atoms with E-state index < -0.39 is 0 Å². The van der Waals surface area contributed by atoms with Crippen molar-refractivity contribution < 1.29 is 0 Å². The molecule has 1 N–H and O–H groups in total. The van der Waals surface area contributed by atoms with Crippen molar-refractivity contribution in [3.8, 4) is 11.3 Å². The van der Waals surface area contributed by atoms with Crippen LogP contribution in [-0.4, -0.2) is 16.5 Å². The van der Waals surface area contributed by atoms with Crippen molar-refractivity contribution in [3.63, 3.8) is 0 Å². The van der Waals surface area contributed by atoms with E-state index in [2.05, 4.69) is 53.4 Å². The van der Waals surface area contributed by atoms with Gasteiger partial charge in [-0.1, -0.05) is 37.6 Å². The fourth-order valence-corrected chi connectivity index (χ4v) is 3.09. The zero-order valence-corrected chi connectivity index (χ0v) is 12.9. The monoisotopic (exact) mass is 281 g/mol. The Morgan fingerprint density at radius 3 is 2.62 bits per heavy atom. The molecule has 3 rings (SSSR count). The van der Waals surface area contributed by atoms with Gasteiger partial charge in [0.05, 0.1) is 5.69 Å². The van der Waals surface area contributed by atoms with Gasteiger partial charge >= 0.3 is 0 Å². The molecule has 0 amide bonds. The number of hydrogen-bond acceptors (Lipinski definition) is 3. The van der Waals surface area contributed by atoms with Crippen molar-refractivity contribution in [2.45, 2.75) is 45.4 Å². The Morgan fingerprint density at radius 2 is 1.95 bits per heavy atom. The third-order valence-electron chi connectivity index (χ3n) is 4.40. The summed E-state index contributed by atoms with van der Waals surface area (Å²) in [6.07, 6.45) is 6.60. The number of anilines is 1. The van der Waals surface area contributed by atoms with Crippen LogP contribution in [0.4, 0.5) is 5.82 Å². The van der Waals surface area contributed by atoms with Crippen LogP contribution in [0.2, 0.25) is 0 Å². The van der Waals surface area contributed by atoms with Crippen LogP contribution in [0, 0.1) is 0 Å². The van der Waals surface area contributed by atoms with Gasteiger partial charge in [0.2, 0.25) is 0 Å². The standard InChI is InChI=1S/C18H23N3/c1-3-14-17(20-12-21-18(14)19-4-2)16-11-6-5-10-15(16)13-8-7-9-13/h5-6,10-13H,3-4,7-9H2,1-2H3,(H,19,20,21). The van der Waals surface area contributed by atoms with Gasteiger partial charge in [0.1, 0.15) is 12.1 Å². The number of nitrogens with zero attached hydrogens (tertiary/aromatic N) is 2. The van der Waals surface area contributed by atoms with E-state index in [0.29, 0.717) is 5.92 Å². The molecule has 1 aromatic carbocycles. The highest BCUT2D eigenvalue weighted by Gasteiger charge is 2.24. The highest BCUT2D eigenvalue weighted by Crippen LogP contribution is 2.41. The molecule has 3 heteroatoms. The Labute approximate surface area is 126 Å². The van der Waals surface area contributed by atoms with Crippen molar-refractivity contribution >= 4 is 5.82 Å². The predicted molar refractivity (Wildman–Crippen MR) is 87.6 cm³/mol. The van der Waals surface area contributed by atoms with Crippen LogP contribution in [-0.2, 0) is 6.42 Å². The normalized spacial score (nSPS) is 14.8. The number of aromatic nitrogens is 2. The first-order chi connectivity index (χ1) is 10.3. The second-order valence-corrected chi connectivity index (χ2v) is 5.65. The molecule has 0 spiro atoms. The molecular weight excluding hydrogens is 258 g/mol. The molecule has 110 valence electrons. The summed E-state index contributed by atoms with van der Waals surface area (Å²) in [6, 6.07) is 8.75. The lowest BCUT2D eigenvalue weighted by molar-refractivity contribution is 0.420. The van der Waals surface area contributed by atoms with Gasteiger partial charge in [0.25, 0.3) is 0 Å². The second-order valence-electron chi connectivity index (χ2n) is 5.65. The maximum Gasteiger partial charge on any atom is 0.133 e. The van der Waals surface area contributed by atoms with Crippen LogP contribution < -0.4 is 5.32 Å². The molecule has 1 fully saturated rings. The maximum absolute atomic E-state index is 4.61. The molecule has 1 saturated carbocycles. The van der Waals surface area contributed by atoms with Crippen molar-refractivity contribution in [1.82, 2.24) is 9.97 Å². The summed E-state index contributed by atoms with van der Waals surface area (Å²) < 4.78 is 0. The first-order valence-electron chi connectivity index (χ1n) is 8.02. The summed E-state index contributed by atoms with van der Waals surface area (Å²) in [5.74, 6) is 1.69. The van der Waals surface area contributed by atoms with Crippen LogP contribution in [0.15, 0.2) is 30.6 Å². The largest absolute Gasteiger partial charge is 0.370 e. The lowest BCUT2D eigenvalue weighted by Gasteiger charge is -2.28. The molecule has 21 heavy (non-hydrogen) atoms. The van der Waals surface area contributed by atoms with Crippen molar-refractivity contribution in [3.05, 3.63) is 41.7 Å². The van der Waals surface area contributed by atoms with E-state index in [0.717, 1.165) is 24.5 Å². The topological polar surface area (TPSA) is 37.8 Å². The van der Waals surface area contributed by atoms with Crippen LogP contribution in [0.5, 0.6) is 0 Å². The molecule has 0 unspecified atom stereocenters. The molecule has 2 aromatic rings. The van der Waals surface area contributed by atoms with Crippen molar-refractivity contribution in [2.75, 3.05) is 11.9 Å². The minimum atomic E-state index is 0.712. The molecule has 0 radical (unpaired) electrons. The van der Waals surface area contributed by atoms with Crippen LogP contribution in [0.3, 0.4) is 0 Å². The summed E-state index contributed by atoms with van der Waals surface area (Å²) in [6.45, 7) is 5.16. The minimum absolute atomic E-state index is 0.712. The van der Waals surface area contributed by atoms with E-state index in [1.807, 2.05) is 0 Å². The van der Waals surface area contributed by atoms with Gasteiger partial charge in [0, 0.05) is 17.7 Å². The average Bonchev–Trinajstić information content (AvgIpc) is 2.46. The van der Waals surface area contributed by atoms with Crippen LogP contribution in [0.1, 0.15) is 50.2 Å². The van der Waals surface area contributed by atoms with Gasteiger partial charge in [-0.15, -0.1) is 0 Å². The molecule has 0 bridgehead atoms. The molecule has 1 heterocycles. The Balaban J connectivity index is 2.10. The number of rotatable bonds is 5. The van der Waals surface area contributed by atoms with Gasteiger partial charge in [-0.05, 0) is 37.7 Å². The SMILES string of the molecule is CCNc1ncnc(-c2ccccc2C2CCC2)c1CC. The summed E-state index contributed by atoms with van der Waals surface area (Å²) in [5.41, 5.74) is 5.08. The van der Waals surface area contributed by atoms with E-state index >= 15 is 0 Å². The lowest BCUT2D eigenvalue weighted by atomic mass is 9.77. The zero-order chi connectivity index (χ0) is 14.7. The minimum Gasteiger partial charge on any atom is -0.370 e. The Kier molecular flexibility index (Phi) is 4.18. The summed E-state index contributed by atoms with van der Waals surface area (Å²) in [4.78, 5) is 9.02. The van der Waals surface area contributed by atoms with E-state index in [4.69, 9.17) is 0 Å². The molecule has 0 saturated heterocycles. The molecule has 0 atom stereocenters. The van der Waals surface area contributed by atoms with Gasteiger partial charge in [-0.25, -0.2) is 9.97 Å². The zero-order valence-electron chi connectivity index (χ0n) is 12.9.